The molecule has 0 heterocycles. The standard InChI is InChI=1S/C32H37BrCl2N2O3/c1-31(2,3)23-13-15-28(24(33)18-23)40-20-29(38)37(19-22-12-14-25(34)26(35)16-22)27(30(39)36-32(4,5)6)17-21-10-8-7-9-11-21/h7-16,18,27H,17,19-20H2,1-6H3,(H,36,39)/t27-/m1/s1. The molecule has 3 rings (SSSR count). The molecule has 1 N–H and O–H groups in total. The Kier molecular flexibility index (Phi) is 10.7. The Balaban J connectivity index is 1.95. The molecule has 0 aliphatic rings. The summed E-state index contributed by atoms with van der Waals surface area (Å²) in [5.74, 6) is -0.0297. The van der Waals surface area contributed by atoms with Crippen molar-refractivity contribution in [2.45, 2.75) is 71.5 Å². The van der Waals surface area contributed by atoms with Crippen LogP contribution in [-0.4, -0.2) is 34.9 Å². The van der Waals surface area contributed by atoms with Crippen LogP contribution in [0.4, 0.5) is 0 Å². The Morgan fingerprint density at radius 3 is 2.15 bits per heavy atom. The van der Waals surface area contributed by atoms with Gasteiger partial charge in [-0.3, -0.25) is 9.59 Å². The molecular weight excluding hydrogens is 611 g/mol. The zero-order valence-corrected chi connectivity index (χ0v) is 27.0. The SMILES string of the molecule is CC(C)(C)NC(=O)[C@@H](Cc1ccccc1)N(Cc1ccc(Cl)c(Cl)c1)C(=O)COc1ccc(C(C)(C)C)cc1Br. The van der Waals surface area contributed by atoms with E-state index in [1.807, 2.05) is 69.3 Å². The normalized spacial score (nSPS) is 12.5. The quantitative estimate of drug-likeness (QED) is 0.256. The van der Waals surface area contributed by atoms with Crippen molar-refractivity contribution in [2.75, 3.05) is 6.61 Å². The van der Waals surface area contributed by atoms with Crippen molar-refractivity contribution >= 4 is 50.9 Å². The second kappa shape index (κ2) is 13.4. The Bertz CT molecular complexity index is 1330. The molecule has 0 radical (unpaired) electrons. The molecule has 0 unspecified atom stereocenters. The average molecular weight is 648 g/mol. The molecule has 0 spiro atoms. The molecule has 1 atom stereocenters. The summed E-state index contributed by atoms with van der Waals surface area (Å²) in [7, 11) is 0. The number of hydrogen-bond acceptors (Lipinski definition) is 3. The minimum absolute atomic E-state index is 0.0292. The van der Waals surface area contributed by atoms with Crippen LogP contribution in [0, 0.1) is 0 Å². The van der Waals surface area contributed by atoms with Gasteiger partial charge in [-0.1, -0.05) is 86.4 Å². The van der Waals surface area contributed by atoms with Crippen LogP contribution in [0.2, 0.25) is 10.0 Å². The number of ether oxygens (including phenoxy) is 1. The summed E-state index contributed by atoms with van der Waals surface area (Å²) in [6, 6.07) is 19.9. The second-order valence-corrected chi connectivity index (χ2v) is 13.6. The highest BCUT2D eigenvalue weighted by Gasteiger charge is 2.32. The molecule has 2 amide bonds. The van der Waals surface area contributed by atoms with Crippen LogP contribution in [0.1, 0.15) is 58.2 Å². The van der Waals surface area contributed by atoms with Gasteiger partial charge >= 0.3 is 0 Å². The molecule has 0 aliphatic carbocycles. The predicted molar refractivity (Wildman–Crippen MR) is 167 cm³/mol. The molecule has 5 nitrogen and oxygen atoms in total. The number of hydrogen-bond donors (Lipinski definition) is 1. The van der Waals surface area contributed by atoms with Crippen LogP contribution < -0.4 is 10.1 Å². The number of carbonyl (C=O) groups is 2. The lowest BCUT2D eigenvalue weighted by atomic mass is 9.87. The summed E-state index contributed by atoms with van der Waals surface area (Å²) >= 11 is 16.0. The maximum atomic E-state index is 13.9. The number of nitrogens with zero attached hydrogens (tertiary/aromatic N) is 1. The van der Waals surface area contributed by atoms with Gasteiger partial charge in [-0.15, -0.1) is 0 Å². The zero-order chi connectivity index (χ0) is 29.7. The van der Waals surface area contributed by atoms with Crippen LogP contribution in [0.5, 0.6) is 5.75 Å². The molecule has 0 saturated carbocycles. The van der Waals surface area contributed by atoms with Crippen LogP contribution in [-0.2, 0) is 28.0 Å². The third kappa shape index (κ3) is 9.25. The van der Waals surface area contributed by atoms with Gasteiger partial charge in [-0.25, -0.2) is 0 Å². The van der Waals surface area contributed by atoms with Crippen LogP contribution in [0.25, 0.3) is 0 Å². The molecule has 0 aromatic heterocycles. The number of amides is 2. The molecule has 0 aliphatic heterocycles. The molecule has 214 valence electrons. The fourth-order valence-electron chi connectivity index (χ4n) is 4.15. The van der Waals surface area contributed by atoms with Gasteiger partial charge in [-0.05, 0) is 83.1 Å². The summed E-state index contributed by atoms with van der Waals surface area (Å²) in [4.78, 5) is 29.1. The van der Waals surface area contributed by atoms with E-state index in [2.05, 4.69) is 42.0 Å². The first-order chi connectivity index (χ1) is 18.6. The maximum absolute atomic E-state index is 13.9. The van der Waals surface area contributed by atoms with E-state index >= 15 is 0 Å². The van der Waals surface area contributed by atoms with Gasteiger partial charge in [0.2, 0.25) is 5.91 Å². The van der Waals surface area contributed by atoms with E-state index in [1.165, 1.54) is 0 Å². The second-order valence-electron chi connectivity index (χ2n) is 11.9. The smallest absolute Gasteiger partial charge is 0.261 e. The minimum atomic E-state index is -0.793. The van der Waals surface area contributed by atoms with Gasteiger partial charge in [0, 0.05) is 18.5 Å². The van der Waals surface area contributed by atoms with Crippen LogP contribution >= 0.6 is 39.1 Å². The molecule has 40 heavy (non-hydrogen) atoms. The van der Waals surface area contributed by atoms with E-state index in [0.717, 1.165) is 21.2 Å². The van der Waals surface area contributed by atoms with E-state index in [4.69, 9.17) is 27.9 Å². The fraction of sp³-hybridized carbons (Fsp3) is 0.375. The lowest BCUT2D eigenvalue weighted by Gasteiger charge is -2.34. The van der Waals surface area contributed by atoms with Crippen molar-refractivity contribution in [3.63, 3.8) is 0 Å². The summed E-state index contributed by atoms with van der Waals surface area (Å²) in [6.07, 6.45) is 0.333. The van der Waals surface area contributed by atoms with E-state index in [1.54, 1.807) is 23.1 Å². The van der Waals surface area contributed by atoms with Crippen molar-refractivity contribution in [2.24, 2.45) is 0 Å². The Labute approximate surface area is 256 Å². The first kappa shape index (κ1) is 32.0. The monoisotopic (exact) mass is 646 g/mol. The summed E-state index contributed by atoms with van der Waals surface area (Å²) in [5, 5.41) is 3.85. The van der Waals surface area contributed by atoms with Crippen LogP contribution in [0.3, 0.4) is 0 Å². The zero-order valence-electron chi connectivity index (χ0n) is 23.9. The highest BCUT2D eigenvalue weighted by atomic mass is 79.9. The number of carbonyl (C=O) groups excluding carboxylic acids is 2. The number of halogens is 3. The maximum Gasteiger partial charge on any atom is 0.261 e. The molecule has 3 aromatic carbocycles. The summed E-state index contributed by atoms with van der Waals surface area (Å²) in [5.41, 5.74) is 2.31. The lowest BCUT2D eigenvalue weighted by molar-refractivity contribution is -0.143. The lowest BCUT2D eigenvalue weighted by Crippen LogP contribution is -2.55. The number of benzene rings is 3. The van der Waals surface area contributed by atoms with Gasteiger partial charge in [-0.2, -0.15) is 0 Å². The Morgan fingerprint density at radius 2 is 1.57 bits per heavy atom. The highest BCUT2D eigenvalue weighted by Crippen LogP contribution is 2.32. The fourth-order valence-corrected chi connectivity index (χ4v) is 4.96. The molecule has 8 heteroatoms. The molecule has 0 fully saturated rings. The van der Waals surface area contributed by atoms with Crippen LogP contribution in [0.15, 0.2) is 71.2 Å². The summed E-state index contributed by atoms with van der Waals surface area (Å²) < 4.78 is 6.75. The largest absolute Gasteiger partial charge is 0.483 e. The van der Waals surface area contributed by atoms with Gasteiger partial charge in [0.1, 0.15) is 11.8 Å². The number of rotatable bonds is 9. The third-order valence-corrected chi connectivity index (χ3v) is 7.61. The van der Waals surface area contributed by atoms with Crippen molar-refractivity contribution < 1.29 is 14.3 Å². The van der Waals surface area contributed by atoms with E-state index in [-0.39, 0.29) is 30.4 Å². The predicted octanol–water partition coefficient (Wildman–Crippen LogP) is 7.99. The van der Waals surface area contributed by atoms with E-state index in [9.17, 15) is 9.59 Å². The molecular formula is C32H37BrCl2N2O3. The van der Waals surface area contributed by atoms with Crippen molar-refractivity contribution in [1.29, 1.82) is 0 Å². The molecule has 0 bridgehead atoms. The van der Waals surface area contributed by atoms with Gasteiger partial charge in [0.15, 0.2) is 6.61 Å². The van der Waals surface area contributed by atoms with E-state index < -0.39 is 11.6 Å². The van der Waals surface area contributed by atoms with Gasteiger partial charge in [0.05, 0.1) is 14.5 Å². The molecule has 0 saturated heterocycles. The Hall–Kier alpha value is -2.54. The van der Waals surface area contributed by atoms with Crippen molar-refractivity contribution in [1.82, 2.24) is 10.2 Å². The number of nitrogens with one attached hydrogen (secondary N) is 1. The van der Waals surface area contributed by atoms with Crippen molar-refractivity contribution in [3.8, 4) is 5.75 Å². The van der Waals surface area contributed by atoms with E-state index in [0.29, 0.717) is 22.2 Å². The molecule has 3 aromatic rings. The average Bonchev–Trinajstić information content (AvgIpc) is 2.86. The van der Waals surface area contributed by atoms with Crippen molar-refractivity contribution in [3.05, 3.63) is 97.9 Å². The topological polar surface area (TPSA) is 58.6 Å². The summed E-state index contributed by atoms with van der Waals surface area (Å²) in [6.45, 7) is 12.0. The first-order valence-electron chi connectivity index (χ1n) is 13.2. The first-order valence-corrected chi connectivity index (χ1v) is 14.7. The van der Waals surface area contributed by atoms with Gasteiger partial charge in [0.25, 0.3) is 5.91 Å². The van der Waals surface area contributed by atoms with Gasteiger partial charge < -0.3 is 15.0 Å². The minimum Gasteiger partial charge on any atom is -0.483 e. The Morgan fingerprint density at radius 1 is 0.900 bits per heavy atom. The third-order valence-electron chi connectivity index (χ3n) is 6.26. The highest BCUT2D eigenvalue weighted by molar-refractivity contribution is 9.10.